The van der Waals surface area contributed by atoms with E-state index in [1.807, 2.05) is 0 Å². The van der Waals surface area contributed by atoms with Crippen LogP contribution in [-0.4, -0.2) is 153 Å². The van der Waals surface area contributed by atoms with Gasteiger partial charge in [-0.2, -0.15) is 0 Å². The fraction of sp³-hybridized carbons (Fsp3) is 0.606. The van der Waals surface area contributed by atoms with Crippen LogP contribution in [0.3, 0.4) is 0 Å². The third-order valence-electron chi connectivity index (χ3n) is 8.84. The summed E-state index contributed by atoms with van der Waals surface area (Å²) in [5, 5.41) is 53.6. The molecule has 0 aromatic heterocycles. The van der Waals surface area contributed by atoms with Crippen molar-refractivity contribution < 1.29 is 54.0 Å². The van der Waals surface area contributed by atoms with Crippen LogP contribution in [0.5, 0.6) is 0 Å². The van der Waals surface area contributed by atoms with Gasteiger partial charge in [0, 0.05) is 25.9 Å². The number of carbonyl (C=O) groups is 7. The average Bonchev–Trinajstić information content (AvgIpc) is 3.16. The number of benzene rings is 1. The van der Waals surface area contributed by atoms with E-state index < -0.39 is 110 Å². The van der Waals surface area contributed by atoms with Gasteiger partial charge in [-0.3, -0.25) is 43.6 Å². The molecule has 1 aromatic carbocycles. The largest absolute Gasteiger partial charge is 0.394 e. The maximum Gasteiger partial charge on any atom is 0.262 e. The highest BCUT2D eigenvalue weighted by Gasteiger charge is 2.36. The molecule has 0 bridgehead atoms. The second-order valence-electron chi connectivity index (χ2n) is 13.1. The summed E-state index contributed by atoms with van der Waals surface area (Å²) in [5.41, 5.74) is 11.8. The van der Waals surface area contributed by atoms with Gasteiger partial charge in [0.1, 0.15) is 30.2 Å². The highest BCUT2D eigenvalue weighted by atomic mass is 16.3. The standard InChI is InChI=1S/C33H55N11O11/c1-18(48)27-31(53)40-20(15-45)14-39-22(9-5-6-12-38-26(49)11-10-24(30(52)42-27)43(36)32(54)21(34)16-46)29(51)41-23(17-47)33(55)44(37)25(28(35)50)13-19-7-3-2-4-8-19/h2-4,7-8,18,20-25,27,39,45-48H,5-6,9-17,34,36-37H2,1H3,(H2,35,50)(H,38,49)(H,40,53)(H,41,51)(H,42,52)/t18?,20-,21+,22+,23+,24+,25+,27+/m1/s1. The molecule has 55 heavy (non-hydrogen) atoms. The molecule has 1 saturated heterocycles. The number of carbonyl (C=O) groups excluding carboxylic acids is 7. The highest BCUT2D eigenvalue weighted by molar-refractivity contribution is 5.94. The molecule has 7 amide bonds. The van der Waals surface area contributed by atoms with Crippen LogP contribution < -0.4 is 49.7 Å². The molecule has 0 saturated carbocycles. The molecular formula is C33H55N11O11. The van der Waals surface area contributed by atoms with E-state index >= 15 is 0 Å². The zero-order valence-corrected chi connectivity index (χ0v) is 30.6. The minimum atomic E-state index is -1.66. The summed E-state index contributed by atoms with van der Waals surface area (Å²) < 4.78 is 0. The predicted octanol–water partition coefficient (Wildman–Crippen LogP) is -6.97. The summed E-state index contributed by atoms with van der Waals surface area (Å²) in [6, 6.07) is -1.23. The van der Waals surface area contributed by atoms with Crippen LogP contribution in [0.25, 0.3) is 0 Å². The summed E-state index contributed by atoms with van der Waals surface area (Å²) in [4.78, 5) is 91.1. The third kappa shape index (κ3) is 14.4. The van der Waals surface area contributed by atoms with E-state index in [9.17, 15) is 54.0 Å². The molecule has 0 radical (unpaired) electrons. The summed E-state index contributed by atoms with van der Waals surface area (Å²) in [6.07, 6.45) is -1.49. The Morgan fingerprint density at radius 3 is 2.20 bits per heavy atom. The number of nitrogens with one attached hydrogen (secondary N) is 5. The van der Waals surface area contributed by atoms with Crippen molar-refractivity contribution in [3.63, 3.8) is 0 Å². The molecule has 0 spiro atoms. The summed E-state index contributed by atoms with van der Waals surface area (Å²) in [6.45, 7) is -1.32. The number of aliphatic hydroxyl groups excluding tert-OH is 4. The van der Waals surface area contributed by atoms with Gasteiger partial charge < -0.3 is 58.5 Å². The number of hydrogen-bond donors (Lipinski definition) is 13. The van der Waals surface area contributed by atoms with Gasteiger partial charge in [0.05, 0.1) is 38.0 Å². The lowest BCUT2D eigenvalue weighted by molar-refractivity contribution is -0.144. The zero-order valence-electron chi connectivity index (χ0n) is 30.6. The molecule has 22 heteroatoms. The molecule has 17 N–H and O–H groups in total. The molecule has 1 heterocycles. The zero-order chi connectivity index (χ0) is 41.2. The van der Waals surface area contributed by atoms with Crippen molar-refractivity contribution in [1.29, 1.82) is 0 Å². The Morgan fingerprint density at radius 1 is 0.945 bits per heavy atom. The van der Waals surface area contributed by atoms with E-state index in [2.05, 4.69) is 26.6 Å². The first-order valence-corrected chi connectivity index (χ1v) is 17.7. The van der Waals surface area contributed by atoms with Crippen molar-refractivity contribution in [2.24, 2.45) is 23.2 Å². The number of aliphatic hydroxyl groups is 4. The molecule has 1 unspecified atom stereocenters. The Balaban J connectivity index is 2.28. The van der Waals surface area contributed by atoms with Crippen molar-refractivity contribution in [3.8, 4) is 0 Å². The van der Waals surface area contributed by atoms with Crippen molar-refractivity contribution >= 4 is 41.4 Å². The first-order chi connectivity index (χ1) is 26.1. The Morgan fingerprint density at radius 2 is 1.62 bits per heavy atom. The van der Waals surface area contributed by atoms with Crippen molar-refractivity contribution in [2.45, 2.75) is 93.8 Å². The molecule has 1 aliphatic rings. The smallest absolute Gasteiger partial charge is 0.262 e. The molecule has 22 nitrogen and oxygen atoms in total. The summed E-state index contributed by atoms with van der Waals surface area (Å²) >= 11 is 0. The van der Waals surface area contributed by atoms with Gasteiger partial charge in [-0.05, 0) is 38.2 Å². The fourth-order valence-corrected chi connectivity index (χ4v) is 5.56. The van der Waals surface area contributed by atoms with Crippen molar-refractivity contribution in [3.05, 3.63) is 35.9 Å². The molecule has 308 valence electrons. The van der Waals surface area contributed by atoms with Gasteiger partial charge in [0.2, 0.25) is 29.5 Å². The van der Waals surface area contributed by atoms with Crippen LogP contribution in [-0.2, 0) is 40.0 Å². The van der Waals surface area contributed by atoms with Crippen LogP contribution in [0.1, 0.15) is 44.6 Å². The molecule has 0 aliphatic carbocycles. The second-order valence-corrected chi connectivity index (χ2v) is 13.1. The quantitative estimate of drug-likeness (QED) is 0.0502. The minimum Gasteiger partial charge on any atom is -0.394 e. The number of hydrogen-bond acceptors (Lipinski definition) is 15. The molecule has 1 fully saturated rings. The minimum absolute atomic E-state index is 0.0376. The van der Waals surface area contributed by atoms with E-state index in [-0.39, 0.29) is 38.8 Å². The van der Waals surface area contributed by atoms with E-state index in [0.717, 1.165) is 0 Å². The predicted molar refractivity (Wildman–Crippen MR) is 194 cm³/mol. The maximum atomic E-state index is 13.5. The van der Waals surface area contributed by atoms with Gasteiger partial charge in [-0.25, -0.2) is 11.7 Å². The summed E-state index contributed by atoms with van der Waals surface area (Å²) in [7, 11) is 0. The van der Waals surface area contributed by atoms with Gasteiger partial charge in [-0.1, -0.05) is 30.3 Å². The first-order valence-electron chi connectivity index (χ1n) is 17.7. The number of amides is 7. The molecule has 1 aromatic rings. The second kappa shape index (κ2) is 23.2. The monoisotopic (exact) mass is 781 g/mol. The number of nitrogens with zero attached hydrogens (tertiary/aromatic N) is 2. The van der Waals surface area contributed by atoms with Crippen LogP contribution in [0.15, 0.2) is 30.3 Å². The van der Waals surface area contributed by atoms with E-state index in [1.54, 1.807) is 30.3 Å². The van der Waals surface area contributed by atoms with E-state index in [4.69, 9.17) is 23.2 Å². The summed E-state index contributed by atoms with van der Waals surface area (Å²) in [5.74, 6) is 5.61. The van der Waals surface area contributed by atoms with Crippen LogP contribution >= 0.6 is 0 Å². The van der Waals surface area contributed by atoms with Crippen LogP contribution in [0, 0.1) is 0 Å². The maximum absolute atomic E-state index is 13.5. The molecule has 1 aliphatic heterocycles. The topological polar surface area (TPSA) is 371 Å². The van der Waals surface area contributed by atoms with Gasteiger partial charge in [-0.15, -0.1) is 0 Å². The van der Waals surface area contributed by atoms with E-state index in [1.165, 1.54) is 6.92 Å². The van der Waals surface area contributed by atoms with E-state index in [0.29, 0.717) is 28.4 Å². The van der Waals surface area contributed by atoms with Gasteiger partial charge in [0.15, 0.2) is 0 Å². The lowest BCUT2D eigenvalue weighted by atomic mass is 10.0. The van der Waals surface area contributed by atoms with Gasteiger partial charge in [0.25, 0.3) is 11.8 Å². The number of nitrogens with two attached hydrogens (primary N) is 4. The van der Waals surface area contributed by atoms with Gasteiger partial charge >= 0.3 is 0 Å². The Bertz CT molecular complexity index is 1460. The molecular weight excluding hydrogens is 726 g/mol. The first kappa shape index (κ1) is 46.3. The third-order valence-corrected chi connectivity index (χ3v) is 8.84. The van der Waals surface area contributed by atoms with Crippen molar-refractivity contribution in [1.82, 2.24) is 36.6 Å². The molecule has 8 atom stereocenters. The fourth-order valence-electron chi connectivity index (χ4n) is 5.56. The lowest BCUT2D eigenvalue weighted by Gasteiger charge is -2.31. The molecule has 2 rings (SSSR count). The number of hydrazine groups is 2. The van der Waals surface area contributed by atoms with Crippen LogP contribution in [0.2, 0.25) is 0 Å². The lowest BCUT2D eigenvalue weighted by Crippen LogP contribution is -2.63. The SMILES string of the molecule is CC(O)[C@@H]1NC(=O)[C@@H](N(N)C(=O)[C@@H](N)CO)CCC(=O)NCCCC[C@@H](C(=O)N[C@@H](CO)C(=O)N(N)[C@@H](Cc2ccccc2)C(N)=O)NC[C@H](CO)NC1=O. The van der Waals surface area contributed by atoms with Crippen molar-refractivity contribution in [2.75, 3.05) is 32.9 Å². The normalized spacial score (nSPS) is 22.9. The number of rotatable bonds is 13. The highest BCUT2D eigenvalue weighted by Crippen LogP contribution is 2.11. The Kier molecular flexibility index (Phi) is 19.5. The van der Waals surface area contributed by atoms with Crippen LogP contribution in [0.4, 0.5) is 0 Å². The Hall–Kier alpha value is -4.81. The average molecular weight is 782 g/mol. The Labute approximate surface area is 317 Å². The number of primary amides is 1.